The SMILES string of the molecule is CCN1CCN=C1c1ccc(N)c([N+](=O)[O-])c1. The Morgan fingerprint density at radius 1 is 1.59 bits per heavy atom. The predicted molar refractivity (Wildman–Crippen MR) is 66.2 cm³/mol. The molecule has 1 aliphatic rings. The van der Waals surface area contributed by atoms with Crippen LogP contribution in [0.1, 0.15) is 12.5 Å². The number of benzene rings is 1. The minimum absolute atomic E-state index is 0.0619. The molecule has 2 N–H and O–H groups in total. The second kappa shape index (κ2) is 4.40. The van der Waals surface area contributed by atoms with Gasteiger partial charge in [-0.05, 0) is 19.1 Å². The van der Waals surface area contributed by atoms with Gasteiger partial charge >= 0.3 is 0 Å². The highest BCUT2D eigenvalue weighted by molar-refractivity contribution is 6.00. The van der Waals surface area contributed by atoms with Crippen molar-refractivity contribution < 1.29 is 4.92 Å². The molecule has 1 heterocycles. The molecule has 90 valence electrons. The fourth-order valence-electron chi connectivity index (χ4n) is 1.91. The molecule has 6 nitrogen and oxygen atoms in total. The molecule has 0 aliphatic carbocycles. The van der Waals surface area contributed by atoms with Gasteiger partial charge in [-0.15, -0.1) is 0 Å². The molecule has 0 spiro atoms. The third-order valence-electron chi connectivity index (χ3n) is 2.80. The van der Waals surface area contributed by atoms with Crippen molar-refractivity contribution in [2.24, 2.45) is 4.99 Å². The molecular formula is C11H14N4O2. The largest absolute Gasteiger partial charge is 0.393 e. The lowest BCUT2D eigenvalue weighted by atomic mass is 10.1. The lowest BCUT2D eigenvalue weighted by Crippen LogP contribution is -2.28. The molecule has 0 amide bonds. The van der Waals surface area contributed by atoms with E-state index < -0.39 is 4.92 Å². The molecule has 1 aliphatic heterocycles. The van der Waals surface area contributed by atoms with E-state index in [9.17, 15) is 10.1 Å². The average Bonchev–Trinajstić information content (AvgIpc) is 2.77. The van der Waals surface area contributed by atoms with Gasteiger partial charge in [-0.2, -0.15) is 0 Å². The number of aliphatic imine (C=N–C) groups is 1. The number of rotatable bonds is 3. The maximum Gasteiger partial charge on any atom is 0.292 e. The van der Waals surface area contributed by atoms with Crippen LogP contribution in [0.25, 0.3) is 0 Å². The number of likely N-dealkylation sites (N-methyl/N-ethyl adjacent to an activating group) is 1. The second-order valence-corrected chi connectivity index (χ2v) is 3.82. The van der Waals surface area contributed by atoms with Crippen molar-refractivity contribution in [1.29, 1.82) is 0 Å². The van der Waals surface area contributed by atoms with Gasteiger partial charge in [0.15, 0.2) is 0 Å². The first kappa shape index (κ1) is 11.4. The molecule has 17 heavy (non-hydrogen) atoms. The summed E-state index contributed by atoms with van der Waals surface area (Å²) in [5.41, 5.74) is 6.43. The van der Waals surface area contributed by atoms with Gasteiger partial charge in [0.2, 0.25) is 0 Å². The number of nitrogens with two attached hydrogens (primary N) is 1. The van der Waals surface area contributed by atoms with Gasteiger partial charge in [-0.3, -0.25) is 15.1 Å². The van der Waals surface area contributed by atoms with Crippen molar-refractivity contribution in [3.05, 3.63) is 33.9 Å². The monoisotopic (exact) mass is 234 g/mol. The van der Waals surface area contributed by atoms with Crippen LogP contribution in [0.15, 0.2) is 23.2 Å². The summed E-state index contributed by atoms with van der Waals surface area (Å²) in [4.78, 5) is 16.8. The summed E-state index contributed by atoms with van der Waals surface area (Å²) in [6.07, 6.45) is 0. The Hall–Kier alpha value is -2.11. The molecule has 0 fully saturated rings. The maximum absolute atomic E-state index is 10.8. The van der Waals surface area contributed by atoms with E-state index in [0.717, 1.165) is 31.0 Å². The van der Waals surface area contributed by atoms with Crippen molar-refractivity contribution in [3.63, 3.8) is 0 Å². The van der Waals surface area contributed by atoms with E-state index in [4.69, 9.17) is 5.73 Å². The molecule has 6 heteroatoms. The van der Waals surface area contributed by atoms with E-state index >= 15 is 0 Å². The minimum atomic E-state index is -0.468. The van der Waals surface area contributed by atoms with Crippen LogP contribution >= 0.6 is 0 Å². The fourth-order valence-corrected chi connectivity index (χ4v) is 1.91. The normalized spacial score (nSPS) is 14.9. The van der Waals surface area contributed by atoms with Crippen molar-refractivity contribution in [3.8, 4) is 0 Å². The second-order valence-electron chi connectivity index (χ2n) is 3.82. The maximum atomic E-state index is 10.8. The molecule has 2 rings (SSSR count). The van der Waals surface area contributed by atoms with Crippen LogP contribution in [-0.2, 0) is 0 Å². The first-order chi connectivity index (χ1) is 8.13. The van der Waals surface area contributed by atoms with Gasteiger partial charge in [-0.25, -0.2) is 0 Å². The zero-order valence-corrected chi connectivity index (χ0v) is 9.59. The van der Waals surface area contributed by atoms with Gasteiger partial charge in [0.25, 0.3) is 5.69 Å². The molecule has 0 unspecified atom stereocenters. The molecule has 0 saturated heterocycles. The Labute approximate surface area is 98.9 Å². The van der Waals surface area contributed by atoms with E-state index in [1.807, 2.05) is 6.92 Å². The van der Waals surface area contributed by atoms with Crippen LogP contribution in [-0.4, -0.2) is 35.3 Å². The first-order valence-corrected chi connectivity index (χ1v) is 5.47. The number of amidine groups is 1. The summed E-state index contributed by atoms with van der Waals surface area (Å²) in [6, 6.07) is 4.82. The van der Waals surface area contributed by atoms with Gasteiger partial charge in [0.05, 0.1) is 11.5 Å². The number of hydrogen-bond donors (Lipinski definition) is 1. The van der Waals surface area contributed by atoms with Gasteiger partial charge in [-0.1, -0.05) is 0 Å². The van der Waals surface area contributed by atoms with Gasteiger partial charge < -0.3 is 10.6 Å². The Balaban J connectivity index is 2.40. The molecule has 0 radical (unpaired) electrons. The number of nitro benzene ring substituents is 1. The molecular weight excluding hydrogens is 220 g/mol. The summed E-state index contributed by atoms with van der Waals surface area (Å²) >= 11 is 0. The number of nitrogen functional groups attached to an aromatic ring is 1. The summed E-state index contributed by atoms with van der Waals surface area (Å²) in [5.74, 6) is 0.815. The first-order valence-electron chi connectivity index (χ1n) is 5.47. The summed E-state index contributed by atoms with van der Waals surface area (Å²) in [5, 5.41) is 10.8. The van der Waals surface area contributed by atoms with Gasteiger partial charge in [0.1, 0.15) is 11.5 Å². The molecule has 1 aromatic carbocycles. The summed E-state index contributed by atoms with van der Waals surface area (Å²) in [6.45, 7) is 4.48. The van der Waals surface area contributed by atoms with E-state index in [0.29, 0.717) is 0 Å². The van der Waals surface area contributed by atoms with Crippen molar-refractivity contribution in [2.45, 2.75) is 6.92 Å². The van der Waals surface area contributed by atoms with Crippen LogP contribution in [0.2, 0.25) is 0 Å². The van der Waals surface area contributed by atoms with E-state index in [1.54, 1.807) is 12.1 Å². The minimum Gasteiger partial charge on any atom is -0.393 e. The van der Waals surface area contributed by atoms with Crippen LogP contribution < -0.4 is 5.73 Å². The van der Waals surface area contributed by atoms with Gasteiger partial charge in [0, 0.05) is 24.7 Å². The van der Waals surface area contributed by atoms with Crippen LogP contribution in [0, 0.1) is 10.1 Å². The number of anilines is 1. The van der Waals surface area contributed by atoms with Crippen molar-refractivity contribution in [1.82, 2.24) is 4.90 Å². The van der Waals surface area contributed by atoms with Crippen molar-refractivity contribution in [2.75, 3.05) is 25.4 Å². The Kier molecular flexibility index (Phi) is 2.95. The smallest absolute Gasteiger partial charge is 0.292 e. The lowest BCUT2D eigenvalue weighted by Gasteiger charge is -2.17. The van der Waals surface area contributed by atoms with Crippen molar-refractivity contribution >= 4 is 17.2 Å². The number of hydrogen-bond acceptors (Lipinski definition) is 5. The van der Waals surface area contributed by atoms with E-state index in [2.05, 4.69) is 9.89 Å². The highest BCUT2D eigenvalue weighted by atomic mass is 16.6. The third kappa shape index (κ3) is 2.06. The third-order valence-corrected chi connectivity index (χ3v) is 2.80. The highest BCUT2D eigenvalue weighted by Gasteiger charge is 2.20. The molecule has 0 atom stereocenters. The number of nitro groups is 1. The highest BCUT2D eigenvalue weighted by Crippen LogP contribution is 2.24. The topological polar surface area (TPSA) is 84.8 Å². The Bertz CT molecular complexity index is 484. The quantitative estimate of drug-likeness (QED) is 0.484. The Morgan fingerprint density at radius 3 is 3.00 bits per heavy atom. The zero-order chi connectivity index (χ0) is 12.4. The Morgan fingerprint density at radius 2 is 2.35 bits per heavy atom. The molecule has 0 aromatic heterocycles. The van der Waals surface area contributed by atoms with Crippen LogP contribution in [0.4, 0.5) is 11.4 Å². The molecule has 1 aromatic rings. The fraction of sp³-hybridized carbons (Fsp3) is 0.364. The average molecular weight is 234 g/mol. The lowest BCUT2D eigenvalue weighted by molar-refractivity contribution is -0.383. The van der Waals surface area contributed by atoms with E-state index in [-0.39, 0.29) is 11.4 Å². The van der Waals surface area contributed by atoms with E-state index in [1.165, 1.54) is 6.07 Å². The van der Waals surface area contributed by atoms with Crippen LogP contribution in [0.5, 0.6) is 0 Å². The standard InChI is InChI=1S/C11H14N4O2/c1-2-14-6-5-13-11(14)8-3-4-9(12)10(7-8)15(16)17/h3-4,7H,2,5-6,12H2,1H3. The number of nitrogens with zero attached hydrogens (tertiary/aromatic N) is 3. The molecule has 0 bridgehead atoms. The molecule has 0 saturated carbocycles. The predicted octanol–water partition coefficient (Wildman–Crippen LogP) is 1.26. The van der Waals surface area contributed by atoms with Crippen LogP contribution in [0.3, 0.4) is 0 Å². The summed E-state index contributed by atoms with van der Waals surface area (Å²) in [7, 11) is 0. The summed E-state index contributed by atoms with van der Waals surface area (Å²) < 4.78 is 0. The zero-order valence-electron chi connectivity index (χ0n) is 9.59.